The standard InChI is InChI=1S/C17H15N5O2/c1-12-17(23)22(16(21-20-12)14-7-9-18-10-8-14)19-11-13-3-5-15(24-2)6-4-13/h3-11H,1-2H3/b19-11+. The summed E-state index contributed by atoms with van der Waals surface area (Å²) in [6.45, 7) is 1.60. The number of ether oxygens (including phenoxy) is 1. The minimum Gasteiger partial charge on any atom is -0.497 e. The second-order valence-electron chi connectivity index (χ2n) is 4.98. The number of benzene rings is 1. The van der Waals surface area contributed by atoms with Crippen molar-refractivity contribution in [2.75, 3.05) is 7.11 Å². The molecular weight excluding hydrogens is 306 g/mol. The third kappa shape index (κ3) is 3.19. The molecule has 2 aromatic heterocycles. The van der Waals surface area contributed by atoms with E-state index in [0.717, 1.165) is 11.3 Å². The maximum Gasteiger partial charge on any atom is 0.296 e. The van der Waals surface area contributed by atoms with E-state index < -0.39 is 0 Å². The van der Waals surface area contributed by atoms with Gasteiger partial charge in [-0.15, -0.1) is 10.2 Å². The van der Waals surface area contributed by atoms with Crippen molar-refractivity contribution in [2.24, 2.45) is 5.10 Å². The van der Waals surface area contributed by atoms with E-state index in [1.54, 1.807) is 44.8 Å². The van der Waals surface area contributed by atoms with Crippen LogP contribution in [0.5, 0.6) is 5.75 Å². The van der Waals surface area contributed by atoms with E-state index in [-0.39, 0.29) is 11.3 Å². The summed E-state index contributed by atoms with van der Waals surface area (Å²) in [5, 5.41) is 12.3. The Hall–Kier alpha value is -3.35. The molecule has 1 aromatic carbocycles. The van der Waals surface area contributed by atoms with Gasteiger partial charge in [-0.1, -0.05) is 0 Å². The van der Waals surface area contributed by atoms with E-state index in [1.807, 2.05) is 24.3 Å². The number of hydrogen-bond acceptors (Lipinski definition) is 6. The maximum absolute atomic E-state index is 12.4. The summed E-state index contributed by atoms with van der Waals surface area (Å²) in [5.74, 6) is 1.11. The van der Waals surface area contributed by atoms with Crippen LogP contribution in [0.4, 0.5) is 0 Å². The van der Waals surface area contributed by atoms with Gasteiger partial charge in [0.05, 0.1) is 13.3 Å². The molecule has 0 fully saturated rings. The number of methoxy groups -OCH3 is 1. The topological polar surface area (TPSA) is 82.3 Å². The molecule has 0 unspecified atom stereocenters. The highest BCUT2D eigenvalue weighted by Crippen LogP contribution is 2.14. The quantitative estimate of drug-likeness (QED) is 0.685. The summed E-state index contributed by atoms with van der Waals surface area (Å²) >= 11 is 0. The zero-order chi connectivity index (χ0) is 16.9. The number of aryl methyl sites for hydroxylation is 1. The van der Waals surface area contributed by atoms with Crippen LogP contribution in [0.15, 0.2) is 58.7 Å². The largest absolute Gasteiger partial charge is 0.497 e. The van der Waals surface area contributed by atoms with Gasteiger partial charge in [-0.2, -0.15) is 9.78 Å². The van der Waals surface area contributed by atoms with Crippen LogP contribution in [-0.4, -0.2) is 33.2 Å². The van der Waals surface area contributed by atoms with Crippen molar-refractivity contribution in [3.63, 3.8) is 0 Å². The normalized spacial score (nSPS) is 10.9. The van der Waals surface area contributed by atoms with Crippen LogP contribution in [-0.2, 0) is 0 Å². The fourth-order valence-electron chi connectivity index (χ4n) is 2.06. The summed E-state index contributed by atoms with van der Waals surface area (Å²) in [6.07, 6.45) is 4.84. The highest BCUT2D eigenvalue weighted by atomic mass is 16.5. The highest BCUT2D eigenvalue weighted by Gasteiger charge is 2.10. The van der Waals surface area contributed by atoms with Gasteiger partial charge in [0, 0.05) is 18.0 Å². The average molecular weight is 321 g/mol. The summed E-state index contributed by atoms with van der Waals surface area (Å²) in [5.41, 5.74) is 1.50. The zero-order valence-corrected chi connectivity index (χ0v) is 13.2. The molecule has 3 aromatic rings. The molecule has 120 valence electrons. The molecule has 0 aliphatic heterocycles. The molecule has 0 atom stereocenters. The Morgan fingerprint density at radius 1 is 1.08 bits per heavy atom. The number of pyridine rings is 1. The van der Waals surface area contributed by atoms with Crippen LogP contribution < -0.4 is 10.3 Å². The van der Waals surface area contributed by atoms with Gasteiger partial charge >= 0.3 is 0 Å². The van der Waals surface area contributed by atoms with Gasteiger partial charge in [-0.25, -0.2) is 0 Å². The van der Waals surface area contributed by atoms with Crippen molar-refractivity contribution in [3.8, 4) is 17.1 Å². The number of nitrogens with zero attached hydrogens (tertiary/aromatic N) is 5. The fraction of sp³-hybridized carbons (Fsp3) is 0.118. The van der Waals surface area contributed by atoms with E-state index in [4.69, 9.17) is 4.74 Å². The van der Waals surface area contributed by atoms with Crippen LogP contribution in [0.1, 0.15) is 11.3 Å². The molecule has 7 heteroatoms. The predicted octanol–water partition coefficient (Wildman–Crippen LogP) is 1.90. The first-order valence-corrected chi connectivity index (χ1v) is 7.24. The Labute approximate surface area is 138 Å². The number of aromatic nitrogens is 4. The van der Waals surface area contributed by atoms with Crippen LogP contribution in [0.25, 0.3) is 11.4 Å². The Kier molecular flexibility index (Phi) is 4.42. The van der Waals surface area contributed by atoms with Gasteiger partial charge < -0.3 is 4.74 Å². The van der Waals surface area contributed by atoms with E-state index in [0.29, 0.717) is 11.4 Å². The second kappa shape index (κ2) is 6.82. The average Bonchev–Trinajstić information content (AvgIpc) is 2.64. The second-order valence-corrected chi connectivity index (χ2v) is 4.98. The van der Waals surface area contributed by atoms with Crippen molar-refractivity contribution in [2.45, 2.75) is 6.92 Å². The molecule has 3 rings (SSSR count). The van der Waals surface area contributed by atoms with Crippen molar-refractivity contribution < 1.29 is 4.74 Å². The molecule has 0 bridgehead atoms. The van der Waals surface area contributed by atoms with E-state index in [1.165, 1.54) is 4.68 Å². The van der Waals surface area contributed by atoms with Gasteiger partial charge in [0.25, 0.3) is 5.56 Å². The molecule has 2 heterocycles. The van der Waals surface area contributed by atoms with Crippen LogP contribution in [0.2, 0.25) is 0 Å². The summed E-state index contributed by atoms with van der Waals surface area (Å²) in [7, 11) is 1.61. The van der Waals surface area contributed by atoms with Gasteiger partial charge in [0.2, 0.25) is 0 Å². The molecule has 0 N–H and O–H groups in total. The summed E-state index contributed by atoms with van der Waals surface area (Å²) < 4.78 is 6.36. The zero-order valence-electron chi connectivity index (χ0n) is 13.2. The monoisotopic (exact) mass is 321 g/mol. The van der Waals surface area contributed by atoms with Crippen molar-refractivity contribution in [1.82, 2.24) is 19.9 Å². The van der Waals surface area contributed by atoms with Gasteiger partial charge in [-0.3, -0.25) is 9.78 Å². The molecule has 0 aliphatic rings. The van der Waals surface area contributed by atoms with Crippen LogP contribution >= 0.6 is 0 Å². The predicted molar refractivity (Wildman–Crippen MR) is 90.2 cm³/mol. The van der Waals surface area contributed by atoms with Crippen LogP contribution in [0.3, 0.4) is 0 Å². The fourth-order valence-corrected chi connectivity index (χ4v) is 2.06. The van der Waals surface area contributed by atoms with Crippen molar-refractivity contribution in [1.29, 1.82) is 0 Å². The molecule has 0 spiro atoms. The molecule has 0 amide bonds. The third-order valence-corrected chi connectivity index (χ3v) is 3.37. The highest BCUT2D eigenvalue weighted by molar-refractivity contribution is 5.79. The van der Waals surface area contributed by atoms with E-state index in [9.17, 15) is 4.79 Å². The number of hydrogen-bond donors (Lipinski definition) is 0. The Morgan fingerprint density at radius 2 is 1.79 bits per heavy atom. The molecule has 0 saturated carbocycles. The molecule has 0 radical (unpaired) electrons. The van der Waals surface area contributed by atoms with Crippen LogP contribution in [0, 0.1) is 6.92 Å². The minimum absolute atomic E-state index is 0.277. The van der Waals surface area contributed by atoms with Crippen molar-refractivity contribution in [3.05, 3.63) is 70.4 Å². The molecule has 7 nitrogen and oxygen atoms in total. The first kappa shape index (κ1) is 15.5. The molecule has 0 aliphatic carbocycles. The van der Waals surface area contributed by atoms with Gasteiger partial charge in [0.15, 0.2) is 5.82 Å². The van der Waals surface area contributed by atoms with Gasteiger partial charge in [0.1, 0.15) is 11.4 Å². The summed E-state index contributed by atoms with van der Waals surface area (Å²) in [6, 6.07) is 10.8. The molecular formula is C17H15N5O2. The molecule has 0 saturated heterocycles. The van der Waals surface area contributed by atoms with Gasteiger partial charge in [-0.05, 0) is 48.9 Å². The lowest BCUT2D eigenvalue weighted by atomic mass is 10.2. The minimum atomic E-state index is -0.318. The maximum atomic E-state index is 12.4. The summed E-state index contributed by atoms with van der Waals surface area (Å²) in [4.78, 5) is 16.4. The smallest absolute Gasteiger partial charge is 0.296 e. The third-order valence-electron chi connectivity index (χ3n) is 3.37. The number of rotatable bonds is 4. The van der Waals surface area contributed by atoms with E-state index in [2.05, 4.69) is 20.3 Å². The SMILES string of the molecule is COc1ccc(/C=N/n2c(-c3ccncc3)nnc(C)c2=O)cc1. The first-order chi connectivity index (χ1) is 11.7. The molecule has 24 heavy (non-hydrogen) atoms. The Morgan fingerprint density at radius 3 is 2.46 bits per heavy atom. The van der Waals surface area contributed by atoms with Crippen molar-refractivity contribution >= 4 is 6.21 Å². The Balaban J connectivity index is 2.04. The van der Waals surface area contributed by atoms with E-state index >= 15 is 0 Å². The lowest BCUT2D eigenvalue weighted by molar-refractivity contribution is 0.415. The lowest BCUT2D eigenvalue weighted by Crippen LogP contribution is -2.24. The lowest BCUT2D eigenvalue weighted by Gasteiger charge is -2.06. The first-order valence-electron chi connectivity index (χ1n) is 7.24. The Bertz CT molecular complexity index is 918.